The molecule has 35 heavy (non-hydrogen) atoms. The molecule has 5 nitrogen and oxygen atoms in total. The van der Waals surface area contributed by atoms with Gasteiger partial charge in [-0.1, -0.05) is 34.4 Å². The smallest absolute Gasteiger partial charge is 0.374 e. The predicted molar refractivity (Wildman–Crippen MR) is 113 cm³/mol. The molecule has 3 unspecified atom stereocenters. The van der Waals surface area contributed by atoms with Gasteiger partial charge in [0.15, 0.2) is 0 Å². The minimum atomic E-state index is -5.17. The Morgan fingerprint density at radius 3 is 2.37 bits per heavy atom. The second-order valence-electron chi connectivity index (χ2n) is 8.02. The zero-order valence-corrected chi connectivity index (χ0v) is 18.7. The van der Waals surface area contributed by atoms with Crippen LogP contribution in [0.4, 0.5) is 36.4 Å². The standard InChI is InChI=1S/C21H14Cl2F7N3O2/c22-12-5-10(4-11(6-12)20(25,26)27)19(21(28,29)30)8-17(33-35-19)9-1-2-14(23)16(3-9)31-32-18(34)13-7-15(13)24/h1-6,13,15,31H,7-8H2,(H,32,34). The SMILES string of the molecule is O=C(NNc1cc(C2=NOC(c3cc(Cl)cc(C(F)(F)F)c3)(C(F)(F)F)C2)ccc1Cl)C1CC1F. The molecule has 0 bridgehead atoms. The molecule has 0 aromatic heterocycles. The summed E-state index contributed by atoms with van der Waals surface area (Å²) >= 11 is 11.7. The average Bonchev–Trinajstić information content (AvgIpc) is 3.30. The number of halogens is 9. The topological polar surface area (TPSA) is 62.7 Å². The van der Waals surface area contributed by atoms with E-state index in [4.69, 9.17) is 28.0 Å². The van der Waals surface area contributed by atoms with Crippen LogP contribution < -0.4 is 10.9 Å². The number of nitrogens with one attached hydrogen (secondary N) is 2. The maximum atomic E-state index is 14.2. The van der Waals surface area contributed by atoms with E-state index in [0.717, 1.165) is 6.07 Å². The highest BCUT2D eigenvalue weighted by Crippen LogP contribution is 2.50. The summed E-state index contributed by atoms with van der Waals surface area (Å²) in [6.45, 7) is 0. The summed E-state index contributed by atoms with van der Waals surface area (Å²) in [6.07, 6.45) is -12.2. The van der Waals surface area contributed by atoms with Crippen LogP contribution in [0.5, 0.6) is 0 Å². The lowest BCUT2D eigenvalue weighted by molar-refractivity contribution is -0.276. The molecule has 1 heterocycles. The number of hydrogen-bond donors (Lipinski definition) is 2. The minimum absolute atomic E-state index is 0.0721. The lowest BCUT2D eigenvalue weighted by Gasteiger charge is -2.30. The number of benzene rings is 2. The Morgan fingerprint density at radius 2 is 1.77 bits per heavy atom. The Kier molecular flexibility index (Phi) is 6.33. The van der Waals surface area contributed by atoms with Crippen molar-refractivity contribution in [1.29, 1.82) is 0 Å². The van der Waals surface area contributed by atoms with E-state index in [-0.39, 0.29) is 28.4 Å². The number of nitrogens with zero attached hydrogens (tertiary/aromatic N) is 1. The highest BCUT2D eigenvalue weighted by atomic mass is 35.5. The van der Waals surface area contributed by atoms with Crippen LogP contribution >= 0.6 is 23.2 Å². The largest absolute Gasteiger partial charge is 0.435 e. The molecule has 2 aromatic rings. The summed E-state index contributed by atoms with van der Waals surface area (Å²) in [4.78, 5) is 16.6. The van der Waals surface area contributed by atoms with Crippen molar-refractivity contribution in [3.8, 4) is 0 Å². The molecule has 1 aliphatic heterocycles. The molecule has 0 saturated heterocycles. The molecule has 14 heteroatoms. The third-order valence-electron chi connectivity index (χ3n) is 5.55. The van der Waals surface area contributed by atoms with E-state index in [1.165, 1.54) is 18.2 Å². The third-order valence-corrected chi connectivity index (χ3v) is 6.09. The zero-order chi connectivity index (χ0) is 25.8. The van der Waals surface area contributed by atoms with Gasteiger partial charge in [-0.15, -0.1) is 0 Å². The number of oxime groups is 1. The van der Waals surface area contributed by atoms with E-state index in [2.05, 4.69) is 16.0 Å². The normalized spacial score (nSPS) is 24.0. The molecule has 2 aromatic carbocycles. The Labute approximate surface area is 203 Å². The molecule has 0 spiro atoms. The third kappa shape index (κ3) is 4.99. The minimum Gasteiger partial charge on any atom is -0.374 e. The van der Waals surface area contributed by atoms with Crippen molar-refractivity contribution in [2.24, 2.45) is 11.1 Å². The first-order valence-electron chi connectivity index (χ1n) is 9.91. The number of carbonyl (C=O) groups is 1. The summed E-state index contributed by atoms with van der Waals surface area (Å²) in [5.41, 5.74) is -0.818. The van der Waals surface area contributed by atoms with Crippen molar-refractivity contribution < 1.29 is 40.4 Å². The number of hydrogen-bond acceptors (Lipinski definition) is 4. The van der Waals surface area contributed by atoms with Gasteiger partial charge in [-0.2, -0.15) is 26.3 Å². The molecule has 0 radical (unpaired) electrons. The number of hydrazine groups is 1. The van der Waals surface area contributed by atoms with E-state index < -0.39 is 58.5 Å². The maximum absolute atomic E-state index is 14.2. The van der Waals surface area contributed by atoms with E-state index in [0.29, 0.717) is 12.1 Å². The molecular formula is C21H14Cl2F7N3O2. The molecule has 1 aliphatic carbocycles. The Morgan fingerprint density at radius 1 is 1.09 bits per heavy atom. The zero-order valence-electron chi connectivity index (χ0n) is 17.2. The van der Waals surface area contributed by atoms with Gasteiger partial charge in [-0.05, 0) is 36.8 Å². The summed E-state index contributed by atoms with van der Waals surface area (Å²) in [5.74, 6) is -1.43. The highest BCUT2D eigenvalue weighted by Gasteiger charge is 2.62. The predicted octanol–water partition coefficient (Wildman–Crippen LogP) is 6.40. The van der Waals surface area contributed by atoms with E-state index >= 15 is 0 Å². The second-order valence-corrected chi connectivity index (χ2v) is 8.87. The van der Waals surface area contributed by atoms with Crippen molar-refractivity contribution in [3.05, 3.63) is 63.1 Å². The van der Waals surface area contributed by atoms with E-state index in [1.54, 1.807) is 0 Å². The fourth-order valence-corrected chi connectivity index (χ4v) is 3.90. The van der Waals surface area contributed by atoms with Crippen LogP contribution in [0.2, 0.25) is 10.0 Å². The quantitative estimate of drug-likeness (QED) is 0.339. The van der Waals surface area contributed by atoms with Gasteiger partial charge in [0.1, 0.15) is 6.17 Å². The van der Waals surface area contributed by atoms with Gasteiger partial charge in [0.2, 0.25) is 5.91 Å². The lowest BCUT2D eigenvalue weighted by atomic mass is 9.85. The molecule has 1 fully saturated rings. The number of alkyl halides is 7. The first-order valence-corrected chi connectivity index (χ1v) is 10.7. The summed E-state index contributed by atoms with van der Waals surface area (Å²) in [7, 11) is 0. The molecule has 188 valence electrons. The van der Waals surface area contributed by atoms with Crippen molar-refractivity contribution in [3.63, 3.8) is 0 Å². The molecule has 1 amide bonds. The molecule has 1 saturated carbocycles. The number of carbonyl (C=O) groups excluding carboxylic acids is 1. The van der Waals surface area contributed by atoms with Crippen LogP contribution in [0.25, 0.3) is 0 Å². The molecule has 2 aliphatic rings. The molecular weight excluding hydrogens is 530 g/mol. The van der Waals surface area contributed by atoms with Crippen LogP contribution in [0.1, 0.15) is 29.5 Å². The lowest BCUT2D eigenvalue weighted by Crippen LogP contribution is -2.43. The van der Waals surface area contributed by atoms with Gasteiger partial charge >= 0.3 is 12.4 Å². The van der Waals surface area contributed by atoms with E-state index in [9.17, 15) is 35.5 Å². The molecule has 4 rings (SSSR count). The van der Waals surface area contributed by atoms with Gasteiger partial charge in [0.05, 0.1) is 27.9 Å². The molecule has 3 atom stereocenters. The average molecular weight is 544 g/mol. The Balaban J connectivity index is 1.62. The van der Waals surface area contributed by atoms with Crippen LogP contribution in [0.15, 0.2) is 41.6 Å². The van der Waals surface area contributed by atoms with Gasteiger partial charge in [-0.25, -0.2) is 4.39 Å². The van der Waals surface area contributed by atoms with Crippen molar-refractivity contribution >= 4 is 40.5 Å². The maximum Gasteiger partial charge on any atom is 0.435 e. The number of anilines is 1. The van der Waals surface area contributed by atoms with Crippen LogP contribution in [-0.4, -0.2) is 24.0 Å². The first-order chi connectivity index (χ1) is 16.2. The van der Waals surface area contributed by atoms with Crippen molar-refractivity contribution in [1.82, 2.24) is 5.43 Å². The fourth-order valence-electron chi connectivity index (χ4n) is 3.50. The summed E-state index contributed by atoms with van der Waals surface area (Å²) in [6, 6.07) is 5.45. The van der Waals surface area contributed by atoms with Crippen LogP contribution in [0.3, 0.4) is 0 Å². The van der Waals surface area contributed by atoms with Gasteiger partial charge in [0, 0.05) is 22.6 Å². The van der Waals surface area contributed by atoms with Crippen molar-refractivity contribution in [2.45, 2.75) is 37.0 Å². The summed E-state index contributed by atoms with van der Waals surface area (Å²) in [5, 5.41) is 3.02. The highest BCUT2D eigenvalue weighted by molar-refractivity contribution is 6.33. The number of rotatable bonds is 5. The van der Waals surface area contributed by atoms with E-state index in [1.807, 2.05) is 0 Å². The van der Waals surface area contributed by atoms with Crippen molar-refractivity contribution in [2.75, 3.05) is 5.43 Å². The van der Waals surface area contributed by atoms with Crippen LogP contribution in [-0.2, 0) is 21.4 Å². The summed E-state index contributed by atoms with van der Waals surface area (Å²) < 4.78 is 95.2. The fraction of sp³-hybridized carbons (Fsp3) is 0.333. The second kappa shape index (κ2) is 8.74. The monoisotopic (exact) mass is 543 g/mol. The first kappa shape index (κ1) is 25.4. The van der Waals surface area contributed by atoms with Gasteiger partial charge in [-0.3, -0.25) is 15.6 Å². The van der Waals surface area contributed by atoms with Gasteiger partial charge < -0.3 is 4.84 Å². The number of amides is 1. The van der Waals surface area contributed by atoms with Gasteiger partial charge in [0.25, 0.3) is 5.60 Å². The van der Waals surface area contributed by atoms with Crippen LogP contribution in [0, 0.1) is 5.92 Å². The Hall–Kier alpha value is -2.73. The Bertz CT molecular complexity index is 1200. The molecule has 2 N–H and O–H groups in total.